The molecule has 0 atom stereocenters. The van der Waals surface area contributed by atoms with Crippen LogP contribution in [0.3, 0.4) is 0 Å². The molecule has 3 nitrogen and oxygen atoms in total. The van der Waals surface area contributed by atoms with Gasteiger partial charge in [0.25, 0.3) is 0 Å². The molecule has 0 unspecified atom stereocenters. The summed E-state index contributed by atoms with van der Waals surface area (Å²) in [5.41, 5.74) is 4.92. The molecule has 0 fully saturated rings. The van der Waals surface area contributed by atoms with Crippen molar-refractivity contribution in [2.24, 2.45) is 0 Å². The van der Waals surface area contributed by atoms with Gasteiger partial charge in [-0.3, -0.25) is 0 Å². The summed E-state index contributed by atoms with van der Waals surface area (Å²) >= 11 is 0. The number of hydrogen-bond donors (Lipinski definition) is 1. The maximum absolute atomic E-state index is 4.51. The van der Waals surface area contributed by atoms with Crippen molar-refractivity contribution in [1.82, 2.24) is 15.1 Å². The highest BCUT2D eigenvalue weighted by Gasteiger charge is 2.06. The van der Waals surface area contributed by atoms with Gasteiger partial charge in [0.1, 0.15) is 0 Å². The number of nitrogens with one attached hydrogen (secondary N) is 1. The maximum atomic E-state index is 4.51. The number of aryl methyl sites for hydroxylation is 1. The zero-order valence-electron chi connectivity index (χ0n) is 12.6. The molecule has 0 saturated heterocycles. The molecule has 21 heavy (non-hydrogen) atoms. The van der Waals surface area contributed by atoms with Crippen molar-refractivity contribution in [3.63, 3.8) is 0 Å². The second kappa shape index (κ2) is 6.10. The summed E-state index contributed by atoms with van der Waals surface area (Å²) in [4.78, 5) is 0. The van der Waals surface area contributed by atoms with Gasteiger partial charge in [-0.05, 0) is 49.2 Å². The normalized spacial score (nSPS) is 11.1. The first-order valence-electron chi connectivity index (χ1n) is 7.53. The van der Waals surface area contributed by atoms with Crippen molar-refractivity contribution >= 4 is 10.9 Å². The molecule has 2 aromatic carbocycles. The Hall–Kier alpha value is -2.13. The van der Waals surface area contributed by atoms with E-state index in [-0.39, 0.29) is 0 Å². The molecular formula is C18H21N3. The molecule has 0 aliphatic rings. The van der Waals surface area contributed by atoms with E-state index < -0.39 is 0 Å². The molecule has 3 heteroatoms. The quantitative estimate of drug-likeness (QED) is 0.719. The van der Waals surface area contributed by atoms with E-state index in [1.54, 1.807) is 0 Å². The first-order valence-corrected chi connectivity index (χ1v) is 7.53. The van der Waals surface area contributed by atoms with Crippen molar-refractivity contribution in [1.29, 1.82) is 0 Å². The Morgan fingerprint density at radius 1 is 1.14 bits per heavy atom. The number of para-hydroxylation sites is 1. The SMILES string of the molecule is CCCNCc1ccc(-n2ncc3ccccc32)cc1C. The Morgan fingerprint density at radius 3 is 2.81 bits per heavy atom. The molecular weight excluding hydrogens is 258 g/mol. The first-order chi connectivity index (χ1) is 10.3. The molecule has 0 aliphatic heterocycles. The van der Waals surface area contributed by atoms with E-state index in [2.05, 4.69) is 60.7 Å². The van der Waals surface area contributed by atoms with Gasteiger partial charge in [0.15, 0.2) is 0 Å². The Morgan fingerprint density at radius 2 is 2.00 bits per heavy atom. The number of rotatable bonds is 5. The number of aromatic nitrogens is 2. The monoisotopic (exact) mass is 279 g/mol. The van der Waals surface area contributed by atoms with E-state index in [0.717, 1.165) is 30.7 Å². The van der Waals surface area contributed by atoms with Crippen LogP contribution in [-0.4, -0.2) is 16.3 Å². The van der Waals surface area contributed by atoms with E-state index in [9.17, 15) is 0 Å². The summed E-state index contributed by atoms with van der Waals surface area (Å²) in [6, 6.07) is 14.9. The Balaban J connectivity index is 1.91. The number of fused-ring (bicyclic) bond motifs is 1. The lowest BCUT2D eigenvalue weighted by molar-refractivity contribution is 0.673. The van der Waals surface area contributed by atoms with E-state index in [4.69, 9.17) is 0 Å². The van der Waals surface area contributed by atoms with E-state index >= 15 is 0 Å². The van der Waals surface area contributed by atoms with Crippen LogP contribution < -0.4 is 5.32 Å². The Labute approximate surface area is 125 Å². The summed E-state index contributed by atoms with van der Waals surface area (Å²) < 4.78 is 2.01. The number of nitrogens with zero attached hydrogens (tertiary/aromatic N) is 2. The predicted octanol–water partition coefficient (Wildman–Crippen LogP) is 3.83. The lowest BCUT2D eigenvalue weighted by Crippen LogP contribution is -2.14. The molecule has 0 amide bonds. The topological polar surface area (TPSA) is 29.9 Å². The van der Waals surface area contributed by atoms with Crippen LogP contribution in [0, 0.1) is 6.92 Å². The lowest BCUT2D eigenvalue weighted by atomic mass is 10.1. The minimum atomic E-state index is 0.930. The summed E-state index contributed by atoms with van der Waals surface area (Å²) in [6.45, 7) is 6.34. The third-order valence-electron chi connectivity index (χ3n) is 3.79. The second-order valence-electron chi connectivity index (χ2n) is 5.40. The van der Waals surface area contributed by atoms with Gasteiger partial charge in [0.2, 0.25) is 0 Å². The van der Waals surface area contributed by atoms with Crippen LogP contribution in [0.5, 0.6) is 0 Å². The van der Waals surface area contributed by atoms with Crippen LogP contribution in [0.15, 0.2) is 48.7 Å². The van der Waals surface area contributed by atoms with Crippen LogP contribution in [0.25, 0.3) is 16.6 Å². The van der Waals surface area contributed by atoms with E-state index in [0.29, 0.717) is 0 Å². The maximum Gasteiger partial charge on any atom is 0.0741 e. The van der Waals surface area contributed by atoms with Gasteiger partial charge in [0, 0.05) is 11.9 Å². The molecule has 1 heterocycles. The molecule has 0 spiro atoms. The fraction of sp³-hybridized carbons (Fsp3) is 0.278. The van der Waals surface area contributed by atoms with Crippen molar-refractivity contribution < 1.29 is 0 Å². The van der Waals surface area contributed by atoms with Gasteiger partial charge in [-0.1, -0.05) is 31.2 Å². The zero-order chi connectivity index (χ0) is 14.7. The smallest absolute Gasteiger partial charge is 0.0741 e. The third kappa shape index (κ3) is 2.83. The molecule has 1 aromatic heterocycles. The van der Waals surface area contributed by atoms with Gasteiger partial charge < -0.3 is 5.32 Å². The Bertz CT molecular complexity index is 743. The van der Waals surface area contributed by atoms with Crippen molar-refractivity contribution in [3.8, 4) is 5.69 Å². The molecule has 0 aliphatic carbocycles. The lowest BCUT2D eigenvalue weighted by Gasteiger charge is -2.10. The third-order valence-corrected chi connectivity index (χ3v) is 3.79. The average Bonchev–Trinajstić information content (AvgIpc) is 2.93. The summed E-state index contributed by atoms with van der Waals surface area (Å²) in [6.07, 6.45) is 3.08. The van der Waals surface area contributed by atoms with E-state index in [1.165, 1.54) is 16.5 Å². The van der Waals surface area contributed by atoms with Gasteiger partial charge in [-0.2, -0.15) is 5.10 Å². The highest BCUT2D eigenvalue weighted by molar-refractivity contribution is 5.80. The van der Waals surface area contributed by atoms with E-state index in [1.807, 2.05) is 16.9 Å². The van der Waals surface area contributed by atoms with Gasteiger partial charge >= 0.3 is 0 Å². The highest BCUT2D eigenvalue weighted by Crippen LogP contribution is 2.20. The minimum absolute atomic E-state index is 0.930. The average molecular weight is 279 g/mol. The van der Waals surface area contributed by atoms with Crippen LogP contribution in [0.4, 0.5) is 0 Å². The number of hydrogen-bond acceptors (Lipinski definition) is 2. The molecule has 3 aromatic rings. The summed E-state index contributed by atoms with van der Waals surface area (Å²) in [7, 11) is 0. The fourth-order valence-electron chi connectivity index (χ4n) is 2.59. The van der Waals surface area contributed by atoms with Crippen LogP contribution in [0.1, 0.15) is 24.5 Å². The highest BCUT2D eigenvalue weighted by atomic mass is 15.3. The Kier molecular flexibility index (Phi) is 4.02. The molecule has 3 rings (SSSR count). The largest absolute Gasteiger partial charge is 0.313 e. The van der Waals surface area contributed by atoms with Gasteiger partial charge in [-0.25, -0.2) is 4.68 Å². The molecule has 0 saturated carbocycles. The second-order valence-corrected chi connectivity index (χ2v) is 5.40. The standard InChI is InChI=1S/C18H21N3/c1-3-10-19-12-15-8-9-17(11-14(15)2)21-18-7-5-4-6-16(18)13-20-21/h4-9,11,13,19H,3,10,12H2,1-2H3. The molecule has 1 N–H and O–H groups in total. The molecule has 0 bridgehead atoms. The predicted molar refractivity (Wildman–Crippen MR) is 87.8 cm³/mol. The van der Waals surface area contributed by atoms with Crippen LogP contribution >= 0.6 is 0 Å². The summed E-state index contributed by atoms with van der Waals surface area (Å²) in [5.74, 6) is 0. The van der Waals surface area contributed by atoms with Crippen LogP contribution in [0.2, 0.25) is 0 Å². The summed E-state index contributed by atoms with van der Waals surface area (Å²) in [5, 5.41) is 9.14. The van der Waals surface area contributed by atoms with Crippen LogP contribution in [-0.2, 0) is 6.54 Å². The van der Waals surface area contributed by atoms with Gasteiger partial charge in [0.05, 0.1) is 17.4 Å². The number of benzene rings is 2. The minimum Gasteiger partial charge on any atom is -0.313 e. The molecule has 108 valence electrons. The first kappa shape index (κ1) is 13.8. The van der Waals surface area contributed by atoms with Crippen molar-refractivity contribution in [2.45, 2.75) is 26.8 Å². The van der Waals surface area contributed by atoms with Crippen molar-refractivity contribution in [3.05, 3.63) is 59.8 Å². The van der Waals surface area contributed by atoms with Crippen molar-refractivity contribution in [2.75, 3.05) is 6.54 Å². The van der Waals surface area contributed by atoms with Gasteiger partial charge in [-0.15, -0.1) is 0 Å². The zero-order valence-corrected chi connectivity index (χ0v) is 12.6. The fourth-order valence-corrected chi connectivity index (χ4v) is 2.59. The molecule has 0 radical (unpaired) electrons.